The van der Waals surface area contributed by atoms with Crippen LogP contribution < -0.4 is 27.1 Å². The molecule has 1 saturated heterocycles. The molecule has 6 N–H and O–H groups in total. The topological polar surface area (TPSA) is 139 Å². The third kappa shape index (κ3) is 3.10. The molecule has 1 aliphatic rings. The molecule has 0 saturated carbocycles. The summed E-state index contributed by atoms with van der Waals surface area (Å²) < 4.78 is 24.2. The zero-order valence-corrected chi connectivity index (χ0v) is 14.2. The van der Waals surface area contributed by atoms with Gasteiger partial charge in [0.25, 0.3) is 0 Å². The number of nitrogens with zero attached hydrogens (tertiary/aromatic N) is 3. The molecule has 26 heavy (non-hydrogen) atoms. The summed E-state index contributed by atoms with van der Waals surface area (Å²) in [5, 5.41) is 13.7. The quantitative estimate of drug-likeness (QED) is 0.421. The fourth-order valence-corrected chi connectivity index (χ4v) is 3.69. The SMILES string of the molecule is NS(=O)(=O)c1cccc(-c2cccc(-n3nccn3)c2)c1C1NNNN1. The van der Waals surface area contributed by atoms with Gasteiger partial charge in [0.15, 0.2) is 0 Å². The van der Waals surface area contributed by atoms with Gasteiger partial charge in [-0.05, 0) is 29.3 Å². The number of primary sulfonamides is 1. The third-order valence-corrected chi connectivity index (χ3v) is 4.93. The number of nitrogens with one attached hydrogen (secondary N) is 4. The monoisotopic (exact) mass is 372 g/mol. The average Bonchev–Trinajstić information content (AvgIpc) is 3.34. The molecule has 4 rings (SSSR count). The van der Waals surface area contributed by atoms with E-state index in [-0.39, 0.29) is 4.90 Å². The fourth-order valence-electron chi connectivity index (χ4n) is 2.89. The van der Waals surface area contributed by atoms with Crippen molar-refractivity contribution in [1.82, 2.24) is 36.9 Å². The van der Waals surface area contributed by atoms with Crippen molar-refractivity contribution in [3.05, 3.63) is 60.4 Å². The molecule has 0 amide bonds. The van der Waals surface area contributed by atoms with Gasteiger partial charge in [-0.3, -0.25) is 0 Å². The molecule has 1 aromatic heterocycles. The first-order valence-electron chi connectivity index (χ1n) is 7.68. The Morgan fingerprint density at radius 2 is 1.69 bits per heavy atom. The van der Waals surface area contributed by atoms with Crippen LogP contribution in [0.1, 0.15) is 11.7 Å². The van der Waals surface area contributed by atoms with Crippen molar-refractivity contribution in [1.29, 1.82) is 0 Å². The Balaban J connectivity index is 1.90. The van der Waals surface area contributed by atoms with Crippen molar-refractivity contribution in [3.63, 3.8) is 0 Å². The zero-order chi connectivity index (χ0) is 18.1. The standard InChI is InChI=1S/C15H16N8O2S/c16-26(24,25)13-6-2-5-12(14(13)15-19-21-22-20-15)10-3-1-4-11(9-10)23-17-7-8-18-23/h1-9,15,19-22H,(H2,16,24,25). The summed E-state index contributed by atoms with van der Waals surface area (Å²) in [6.45, 7) is 0. The van der Waals surface area contributed by atoms with Crippen molar-refractivity contribution >= 4 is 10.0 Å². The molecular formula is C15H16N8O2S. The molecular weight excluding hydrogens is 356 g/mol. The fraction of sp³-hybridized carbons (Fsp3) is 0.0667. The van der Waals surface area contributed by atoms with E-state index in [0.29, 0.717) is 11.1 Å². The van der Waals surface area contributed by atoms with Crippen molar-refractivity contribution in [2.45, 2.75) is 11.1 Å². The molecule has 2 aromatic carbocycles. The lowest BCUT2D eigenvalue weighted by Gasteiger charge is -2.19. The largest absolute Gasteiger partial charge is 0.238 e. The van der Waals surface area contributed by atoms with Gasteiger partial charge in [-0.25, -0.2) is 24.4 Å². The van der Waals surface area contributed by atoms with Crippen molar-refractivity contribution in [2.24, 2.45) is 5.14 Å². The number of sulfonamides is 1. The molecule has 0 atom stereocenters. The van der Waals surface area contributed by atoms with E-state index in [2.05, 4.69) is 32.1 Å². The Morgan fingerprint density at radius 1 is 1.00 bits per heavy atom. The summed E-state index contributed by atoms with van der Waals surface area (Å²) in [7, 11) is -3.92. The lowest BCUT2D eigenvalue weighted by atomic mass is 9.97. The van der Waals surface area contributed by atoms with Gasteiger partial charge in [-0.15, -0.1) is 0 Å². The summed E-state index contributed by atoms with van der Waals surface area (Å²) in [5.74, 6) is 0. The van der Waals surface area contributed by atoms with E-state index in [1.54, 1.807) is 18.5 Å². The van der Waals surface area contributed by atoms with Crippen molar-refractivity contribution in [2.75, 3.05) is 0 Å². The minimum Gasteiger partial charge on any atom is -0.225 e. The normalized spacial score (nSPS) is 15.4. The summed E-state index contributed by atoms with van der Waals surface area (Å²) in [6.07, 6.45) is 2.67. The predicted octanol–water partition coefficient (Wildman–Crippen LogP) is -0.303. The van der Waals surface area contributed by atoms with Crippen LogP contribution in [-0.4, -0.2) is 23.4 Å². The summed E-state index contributed by atoms with van der Waals surface area (Å²) >= 11 is 0. The molecule has 10 nitrogen and oxygen atoms in total. The van der Waals surface area contributed by atoms with Gasteiger partial charge in [-0.2, -0.15) is 26.1 Å². The lowest BCUT2D eigenvalue weighted by Crippen LogP contribution is -2.33. The molecule has 1 fully saturated rings. The molecule has 3 aromatic rings. The van der Waals surface area contributed by atoms with E-state index < -0.39 is 16.2 Å². The number of nitrogens with two attached hydrogens (primary N) is 1. The maximum atomic E-state index is 12.1. The highest BCUT2D eigenvalue weighted by Crippen LogP contribution is 2.33. The highest BCUT2D eigenvalue weighted by atomic mass is 32.2. The van der Waals surface area contributed by atoms with Crippen molar-refractivity contribution < 1.29 is 8.42 Å². The summed E-state index contributed by atoms with van der Waals surface area (Å²) in [6, 6.07) is 12.5. The molecule has 1 aliphatic heterocycles. The van der Waals surface area contributed by atoms with Gasteiger partial charge in [-0.1, -0.05) is 24.3 Å². The van der Waals surface area contributed by atoms with Crippen LogP contribution in [0.2, 0.25) is 0 Å². The first kappa shape index (κ1) is 16.8. The van der Waals surface area contributed by atoms with Gasteiger partial charge < -0.3 is 0 Å². The predicted molar refractivity (Wildman–Crippen MR) is 93.5 cm³/mol. The molecule has 0 unspecified atom stereocenters. The molecule has 0 aliphatic carbocycles. The Kier molecular flexibility index (Phi) is 4.24. The van der Waals surface area contributed by atoms with Crippen LogP contribution in [0.15, 0.2) is 59.8 Å². The van der Waals surface area contributed by atoms with Crippen LogP contribution in [0.5, 0.6) is 0 Å². The summed E-state index contributed by atoms with van der Waals surface area (Å²) in [5.41, 5.74) is 14.0. The van der Waals surface area contributed by atoms with Crippen LogP contribution >= 0.6 is 0 Å². The molecule has 0 radical (unpaired) electrons. The van der Waals surface area contributed by atoms with Crippen molar-refractivity contribution in [3.8, 4) is 16.8 Å². The van der Waals surface area contributed by atoms with E-state index in [9.17, 15) is 8.42 Å². The Morgan fingerprint density at radius 3 is 2.38 bits per heavy atom. The maximum absolute atomic E-state index is 12.1. The van der Waals surface area contributed by atoms with Crippen LogP contribution in [0, 0.1) is 0 Å². The number of hydrogen-bond acceptors (Lipinski definition) is 8. The number of rotatable bonds is 4. The van der Waals surface area contributed by atoms with E-state index in [1.807, 2.05) is 30.3 Å². The van der Waals surface area contributed by atoms with Gasteiger partial charge in [0.1, 0.15) is 6.17 Å². The summed E-state index contributed by atoms with van der Waals surface area (Å²) in [4.78, 5) is 1.52. The molecule has 0 spiro atoms. The minimum atomic E-state index is -3.92. The average molecular weight is 372 g/mol. The highest BCUT2D eigenvalue weighted by molar-refractivity contribution is 7.89. The molecule has 11 heteroatoms. The van der Waals surface area contributed by atoms with Gasteiger partial charge in [0, 0.05) is 5.56 Å². The number of hydrazine groups is 3. The second kappa shape index (κ2) is 6.57. The van der Waals surface area contributed by atoms with Crippen LogP contribution in [0.25, 0.3) is 16.8 Å². The Bertz CT molecular complexity index is 1030. The van der Waals surface area contributed by atoms with E-state index >= 15 is 0 Å². The third-order valence-electron chi connectivity index (χ3n) is 3.96. The first-order valence-corrected chi connectivity index (χ1v) is 9.22. The number of aromatic nitrogens is 3. The number of benzene rings is 2. The Labute approximate surface area is 149 Å². The van der Waals surface area contributed by atoms with Gasteiger partial charge >= 0.3 is 0 Å². The second-order valence-corrected chi connectivity index (χ2v) is 7.13. The van der Waals surface area contributed by atoms with Crippen LogP contribution in [-0.2, 0) is 10.0 Å². The zero-order valence-electron chi connectivity index (χ0n) is 13.4. The van der Waals surface area contributed by atoms with E-state index in [0.717, 1.165) is 11.3 Å². The van der Waals surface area contributed by atoms with Crippen LogP contribution in [0.3, 0.4) is 0 Å². The first-order chi connectivity index (χ1) is 12.5. The smallest absolute Gasteiger partial charge is 0.225 e. The number of hydrogen-bond donors (Lipinski definition) is 5. The van der Waals surface area contributed by atoms with E-state index in [1.165, 1.54) is 10.9 Å². The lowest BCUT2D eigenvalue weighted by molar-refractivity contribution is 0.540. The van der Waals surface area contributed by atoms with Crippen LogP contribution in [0.4, 0.5) is 0 Å². The molecule has 0 bridgehead atoms. The van der Waals surface area contributed by atoms with Gasteiger partial charge in [0.2, 0.25) is 10.0 Å². The highest BCUT2D eigenvalue weighted by Gasteiger charge is 2.27. The second-order valence-electron chi connectivity index (χ2n) is 5.60. The maximum Gasteiger partial charge on any atom is 0.238 e. The Hall–Kier alpha value is -2.67. The minimum absolute atomic E-state index is 0.0353. The van der Waals surface area contributed by atoms with E-state index in [4.69, 9.17) is 5.14 Å². The molecule has 2 heterocycles. The molecule has 134 valence electrons. The van der Waals surface area contributed by atoms with Gasteiger partial charge in [0.05, 0.1) is 23.0 Å².